The van der Waals surface area contributed by atoms with Gasteiger partial charge in [-0.1, -0.05) is 33.6 Å². The molecule has 1 aliphatic heterocycles. The first-order chi connectivity index (χ1) is 6.38. The molecule has 5 heteroatoms. The lowest BCUT2D eigenvalue weighted by Gasteiger charge is -2.28. The van der Waals surface area contributed by atoms with Crippen LogP contribution in [0.5, 0.6) is 0 Å². The van der Waals surface area contributed by atoms with Gasteiger partial charge in [-0.2, -0.15) is 0 Å². The van der Waals surface area contributed by atoms with Crippen molar-refractivity contribution in [3.8, 4) is 0 Å². The molecule has 1 heterocycles. The lowest BCUT2D eigenvalue weighted by atomic mass is 9.85. The molecule has 0 saturated carbocycles. The summed E-state index contributed by atoms with van der Waals surface area (Å²) in [4.78, 5) is 0. The highest BCUT2D eigenvalue weighted by molar-refractivity contribution is 7.78. The van der Waals surface area contributed by atoms with Gasteiger partial charge in [0.05, 0.1) is 12.2 Å². The topological polar surface area (TPSA) is 61.7 Å². The van der Waals surface area contributed by atoms with Crippen LogP contribution >= 0.6 is 12.8 Å². The van der Waals surface area contributed by atoms with Crippen LogP contribution in [0, 0.1) is 5.41 Å². The minimum absolute atomic E-state index is 0.175. The Morgan fingerprint density at radius 3 is 2.21 bits per heavy atom. The number of thiol groups is 1. The summed E-state index contributed by atoms with van der Waals surface area (Å²) in [6, 6.07) is 0. The first-order valence-corrected chi connectivity index (χ1v) is 5.21. The number of aliphatic hydroxyl groups excluding tert-OH is 2. The van der Waals surface area contributed by atoms with Crippen LogP contribution in [0.15, 0.2) is 0 Å². The summed E-state index contributed by atoms with van der Waals surface area (Å²) in [5.41, 5.74) is -0.175. The molecule has 4 atom stereocenters. The van der Waals surface area contributed by atoms with Crippen LogP contribution < -0.4 is 4.72 Å². The van der Waals surface area contributed by atoms with Crippen molar-refractivity contribution in [1.82, 2.24) is 4.72 Å². The van der Waals surface area contributed by atoms with Crippen LogP contribution in [0.25, 0.3) is 0 Å². The molecule has 0 aromatic carbocycles. The van der Waals surface area contributed by atoms with Gasteiger partial charge in [0.15, 0.2) is 0 Å². The molecule has 0 bridgehead atoms. The van der Waals surface area contributed by atoms with Crippen molar-refractivity contribution in [2.45, 2.75) is 45.2 Å². The smallest absolute Gasteiger partial charge is 0.110 e. The molecule has 0 radical (unpaired) electrons. The van der Waals surface area contributed by atoms with Crippen LogP contribution in [-0.4, -0.2) is 41.2 Å². The van der Waals surface area contributed by atoms with E-state index in [0.717, 1.165) is 0 Å². The average molecular weight is 221 g/mol. The molecule has 0 spiro atoms. The maximum Gasteiger partial charge on any atom is 0.110 e. The number of hydrogen-bond acceptors (Lipinski definition) is 5. The summed E-state index contributed by atoms with van der Waals surface area (Å²) in [7, 11) is 0. The van der Waals surface area contributed by atoms with E-state index < -0.39 is 12.2 Å². The van der Waals surface area contributed by atoms with E-state index in [0.29, 0.717) is 6.54 Å². The molecular formula is C9H19NO3S. The van der Waals surface area contributed by atoms with Crippen molar-refractivity contribution in [2.75, 3.05) is 6.54 Å². The molecule has 1 aliphatic rings. The van der Waals surface area contributed by atoms with Gasteiger partial charge in [-0.3, -0.25) is 4.72 Å². The maximum absolute atomic E-state index is 9.76. The molecule has 84 valence electrons. The minimum atomic E-state index is -0.834. The number of rotatable bonds is 2. The van der Waals surface area contributed by atoms with Crippen molar-refractivity contribution >= 4 is 12.8 Å². The van der Waals surface area contributed by atoms with Crippen molar-refractivity contribution < 1.29 is 14.9 Å². The van der Waals surface area contributed by atoms with Gasteiger partial charge in [0.25, 0.3) is 0 Å². The predicted octanol–water partition coefficient (Wildman–Crippen LogP) is -0.0439. The number of nitrogens with one attached hydrogen (secondary N) is 1. The molecule has 1 rings (SSSR count). The molecule has 0 aromatic heterocycles. The molecule has 0 aromatic rings. The molecule has 4 unspecified atom stereocenters. The third-order valence-corrected chi connectivity index (χ3v) is 2.69. The van der Waals surface area contributed by atoms with Gasteiger partial charge in [0.2, 0.25) is 0 Å². The number of ether oxygens (including phenoxy) is 1. The van der Waals surface area contributed by atoms with E-state index in [-0.39, 0.29) is 17.6 Å². The fourth-order valence-corrected chi connectivity index (χ4v) is 1.90. The maximum atomic E-state index is 9.76. The third-order valence-electron chi connectivity index (χ3n) is 2.51. The fraction of sp³-hybridized carbons (Fsp3) is 1.00. The highest BCUT2D eigenvalue weighted by Crippen LogP contribution is 2.33. The molecule has 0 amide bonds. The highest BCUT2D eigenvalue weighted by Gasteiger charge is 2.47. The Balaban J connectivity index is 2.67. The van der Waals surface area contributed by atoms with Crippen LogP contribution in [0.4, 0.5) is 0 Å². The van der Waals surface area contributed by atoms with Gasteiger partial charge >= 0.3 is 0 Å². The molecular weight excluding hydrogens is 202 g/mol. The summed E-state index contributed by atoms with van der Waals surface area (Å²) in [6.45, 7) is 6.35. The molecule has 0 aliphatic carbocycles. The summed E-state index contributed by atoms with van der Waals surface area (Å²) in [5.74, 6) is 0. The summed E-state index contributed by atoms with van der Waals surface area (Å²) >= 11 is 3.85. The van der Waals surface area contributed by atoms with E-state index in [9.17, 15) is 10.2 Å². The number of aliphatic hydroxyl groups is 2. The van der Waals surface area contributed by atoms with Gasteiger partial charge in [-0.05, 0) is 5.41 Å². The van der Waals surface area contributed by atoms with E-state index in [4.69, 9.17) is 4.74 Å². The second-order valence-electron chi connectivity index (χ2n) is 4.80. The monoisotopic (exact) mass is 221 g/mol. The van der Waals surface area contributed by atoms with Crippen LogP contribution in [0.1, 0.15) is 20.8 Å². The van der Waals surface area contributed by atoms with Gasteiger partial charge < -0.3 is 14.9 Å². The molecule has 14 heavy (non-hydrogen) atoms. The Kier molecular flexibility index (Phi) is 3.82. The van der Waals surface area contributed by atoms with Crippen molar-refractivity contribution in [3.05, 3.63) is 0 Å². The Hall–Kier alpha value is 0.190. The van der Waals surface area contributed by atoms with Crippen LogP contribution in [0.2, 0.25) is 0 Å². The Morgan fingerprint density at radius 1 is 1.29 bits per heavy atom. The third kappa shape index (κ3) is 2.41. The van der Waals surface area contributed by atoms with E-state index in [1.165, 1.54) is 0 Å². The SMILES string of the molecule is CC(C)(C)C1OC(CNS)C(O)C1O. The first-order valence-electron chi connectivity index (χ1n) is 4.76. The Labute approximate surface area is 90.2 Å². The quantitative estimate of drug-likeness (QED) is 0.494. The van der Waals surface area contributed by atoms with Gasteiger partial charge in [-0.25, -0.2) is 0 Å². The van der Waals surface area contributed by atoms with Gasteiger partial charge in [0.1, 0.15) is 12.2 Å². The predicted molar refractivity (Wildman–Crippen MR) is 57.1 cm³/mol. The van der Waals surface area contributed by atoms with Gasteiger partial charge in [0, 0.05) is 6.54 Å². The van der Waals surface area contributed by atoms with E-state index in [1.54, 1.807) is 0 Å². The van der Waals surface area contributed by atoms with E-state index in [2.05, 4.69) is 17.5 Å². The van der Waals surface area contributed by atoms with E-state index >= 15 is 0 Å². The van der Waals surface area contributed by atoms with Crippen molar-refractivity contribution in [1.29, 1.82) is 0 Å². The summed E-state index contributed by atoms with van der Waals surface area (Å²) in [6.07, 6.45) is -2.36. The lowest BCUT2D eigenvalue weighted by Crippen LogP contribution is -2.39. The molecule has 3 N–H and O–H groups in total. The molecule has 1 fully saturated rings. The molecule has 4 nitrogen and oxygen atoms in total. The summed E-state index contributed by atoms with van der Waals surface area (Å²) < 4.78 is 8.21. The standard InChI is InChI=1S/C9H19NO3S/c1-9(2,3)8-7(12)6(11)5(13-8)4-10-14/h5-8,10-12,14H,4H2,1-3H3. The Bertz CT molecular complexity index is 195. The second kappa shape index (κ2) is 4.37. The zero-order valence-electron chi connectivity index (χ0n) is 8.77. The fourth-order valence-electron chi connectivity index (χ4n) is 1.72. The number of hydrogen-bond donors (Lipinski definition) is 4. The highest BCUT2D eigenvalue weighted by atomic mass is 32.1. The zero-order valence-corrected chi connectivity index (χ0v) is 9.66. The second-order valence-corrected chi connectivity index (χ2v) is 5.12. The minimum Gasteiger partial charge on any atom is -0.388 e. The van der Waals surface area contributed by atoms with Crippen molar-refractivity contribution in [3.63, 3.8) is 0 Å². The normalized spacial score (nSPS) is 39.0. The van der Waals surface area contributed by atoms with E-state index in [1.807, 2.05) is 20.8 Å². The van der Waals surface area contributed by atoms with Crippen LogP contribution in [-0.2, 0) is 4.74 Å². The lowest BCUT2D eigenvalue weighted by molar-refractivity contribution is -0.0499. The van der Waals surface area contributed by atoms with Crippen LogP contribution in [0.3, 0.4) is 0 Å². The van der Waals surface area contributed by atoms with Gasteiger partial charge in [-0.15, -0.1) is 0 Å². The molecule has 1 saturated heterocycles. The van der Waals surface area contributed by atoms with Crippen molar-refractivity contribution in [2.24, 2.45) is 5.41 Å². The average Bonchev–Trinajstić information content (AvgIpc) is 2.32. The summed E-state index contributed by atoms with van der Waals surface area (Å²) in [5, 5.41) is 19.4. The largest absolute Gasteiger partial charge is 0.388 e. The first kappa shape index (κ1) is 12.3. The zero-order chi connectivity index (χ0) is 10.9. The Morgan fingerprint density at radius 2 is 1.86 bits per heavy atom.